The maximum absolute atomic E-state index is 6.13. The fourth-order valence-electron chi connectivity index (χ4n) is 4.67. The Morgan fingerprint density at radius 2 is 0.921 bits per heavy atom. The summed E-state index contributed by atoms with van der Waals surface area (Å²) in [5, 5.41) is 2.88. The van der Waals surface area contributed by atoms with Gasteiger partial charge in [0.1, 0.15) is 11.2 Å². The second kappa shape index (κ2) is 9.25. The Labute approximate surface area is 224 Å². The van der Waals surface area contributed by atoms with Gasteiger partial charge in [0.15, 0.2) is 17.5 Å². The number of fused-ring (bicyclic) bond motifs is 3. The number of rotatable bonds is 4. The quantitative estimate of drug-likeness (QED) is 0.237. The van der Waals surface area contributed by atoms with Crippen molar-refractivity contribution in [2.24, 2.45) is 0 Å². The van der Waals surface area contributed by atoms with E-state index < -0.39 is 0 Å². The molecule has 0 amide bonds. The summed E-state index contributed by atoms with van der Waals surface area (Å²) in [6.45, 7) is 0. The zero-order valence-electron chi connectivity index (χ0n) is 20.2. The highest BCUT2D eigenvalue weighted by atomic mass is 35.5. The Hall–Kier alpha value is -4.80. The van der Waals surface area contributed by atoms with Crippen molar-refractivity contribution < 1.29 is 4.42 Å². The van der Waals surface area contributed by atoms with E-state index >= 15 is 0 Å². The molecule has 0 spiro atoms. The fourth-order valence-corrected chi connectivity index (χ4v) is 4.80. The Morgan fingerprint density at radius 1 is 0.421 bits per heavy atom. The minimum atomic E-state index is 0.595. The fraction of sp³-hybridized carbons (Fsp3) is 0. The monoisotopic (exact) mass is 509 g/mol. The lowest BCUT2D eigenvalue weighted by molar-refractivity contribution is 0.669. The van der Waals surface area contributed by atoms with Crippen LogP contribution in [0.3, 0.4) is 0 Å². The number of furan rings is 1. The van der Waals surface area contributed by atoms with Crippen LogP contribution in [0, 0.1) is 0 Å². The molecule has 0 fully saturated rings. The number of benzene rings is 5. The Balaban J connectivity index is 1.35. The van der Waals surface area contributed by atoms with Crippen LogP contribution in [0.5, 0.6) is 0 Å². The van der Waals surface area contributed by atoms with Gasteiger partial charge in [-0.25, -0.2) is 15.0 Å². The third kappa shape index (κ3) is 4.11. The first-order valence-electron chi connectivity index (χ1n) is 12.3. The van der Waals surface area contributed by atoms with E-state index in [1.807, 2.05) is 97.1 Å². The van der Waals surface area contributed by atoms with Crippen molar-refractivity contribution in [2.75, 3.05) is 0 Å². The summed E-state index contributed by atoms with van der Waals surface area (Å²) >= 11 is 6.06. The van der Waals surface area contributed by atoms with Crippen LogP contribution in [0.1, 0.15) is 0 Å². The van der Waals surface area contributed by atoms with E-state index in [1.165, 1.54) is 0 Å². The highest BCUT2D eigenvalue weighted by Gasteiger charge is 2.14. The van der Waals surface area contributed by atoms with Crippen molar-refractivity contribution >= 4 is 33.5 Å². The molecule has 7 rings (SSSR count). The highest BCUT2D eigenvalue weighted by Crippen LogP contribution is 2.32. The lowest BCUT2D eigenvalue weighted by atomic mass is 10.0. The Morgan fingerprint density at radius 3 is 1.63 bits per heavy atom. The summed E-state index contributed by atoms with van der Waals surface area (Å²) in [6.07, 6.45) is 0. The van der Waals surface area contributed by atoms with Gasteiger partial charge in [-0.2, -0.15) is 0 Å². The van der Waals surface area contributed by atoms with Crippen LogP contribution in [0.25, 0.3) is 67.2 Å². The molecule has 2 aromatic heterocycles. The second-order valence-corrected chi connectivity index (χ2v) is 9.50. The van der Waals surface area contributed by atoms with Crippen molar-refractivity contribution in [3.8, 4) is 45.3 Å². The summed E-state index contributed by atoms with van der Waals surface area (Å²) in [5.74, 6) is 1.83. The molecule has 0 aliphatic carbocycles. The highest BCUT2D eigenvalue weighted by molar-refractivity contribution is 6.30. The zero-order chi connectivity index (χ0) is 25.5. The smallest absolute Gasteiger partial charge is 0.164 e. The maximum Gasteiger partial charge on any atom is 0.164 e. The molecule has 180 valence electrons. The predicted molar refractivity (Wildman–Crippen MR) is 154 cm³/mol. The molecule has 4 nitrogen and oxygen atoms in total. The summed E-state index contributed by atoms with van der Waals surface area (Å²) in [5.41, 5.74) is 6.57. The molecular weight excluding hydrogens is 490 g/mol. The molecule has 0 saturated carbocycles. The van der Waals surface area contributed by atoms with Gasteiger partial charge >= 0.3 is 0 Å². The van der Waals surface area contributed by atoms with E-state index in [9.17, 15) is 0 Å². The number of para-hydroxylation sites is 1. The van der Waals surface area contributed by atoms with E-state index in [4.69, 9.17) is 31.0 Å². The average molecular weight is 510 g/mol. The topological polar surface area (TPSA) is 51.8 Å². The number of aromatic nitrogens is 3. The van der Waals surface area contributed by atoms with Gasteiger partial charge in [0.05, 0.1) is 0 Å². The molecule has 5 aromatic carbocycles. The second-order valence-electron chi connectivity index (χ2n) is 9.07. The van der Waals surface area contributed by atoms with Crippen molar-refractivity contribution in [3.63, 3.8) is 0 Å². The lowest BCUT2D eigenvalue weighted by Crippen LogP contribution is -2.00. The first-order chi connectivity index (χ1) is 18.7. The summed E-state index contributed by atoms with van der Waals surface area (Å²) in [7, 11) is 0. The van der Waals surface area contributed by atoms with E-state index in [2.05, 4.69) is 24.3 Å². The van der Waals surface area contributed by atoms with Crippen molar-refractivity contribution in [2.45, 2.75) is 0 Å². The van der Waals surface area contributed by atoms with Crippen LogP contribution in [0.15, 0.2) is 126 Å². The predicted octanol–water partition coefficient (Wildman–Crippen LogP) is 9.09. The van der Waals surface area contributed by atoms with Crippen LogP contribution in [-0.2, 0) is 0 Å². The molecule has 0 aliphatic heterocycles. The van der Waals surface area contributed by atoms with Crippen LogP contribution < -0.4 is 0 Å². The van der Waals surface area contributed by atoms with Gasteiger partial charge < -0.3 is 4.42 Å². The standard InChI is InChI=1S/C33H20ClN3O/c34-26-17-14-22(15-18-26)21-10-12-24(13-11-21)32-35-31(23-6-2-1-3-7-23)36-33(37-32)25-16-19-28-27-8-4-5-9-29(27)38-30(28)20-25/h1-20H. The third-order valence-electron chi connectivity index (χ3n) is 6.63. The summed E-state index contributed by atoms with van der Waals surface area (Å²) in [4.78, 5) is 14.6. The Kier molecular flexibility index (Phi) is 5.46. The van der Waals surface area contributed by atoms with E-state index in [0.29, 0.717) is 17.5 Å². The van der Waals surface area contributed by atoms with Gasteiger partial charge in [-0.1, -0.05) is 103 Å². The lowest BCUT2D eigenvalue weighted by Gasteiger charge is -2.09. The molecule has 5 heteroatoms. The number of halogens is 1. The van der Waals surface area contributed by atoms with E-state index in [-0.39, 0.29) is 0 Å². The van der Waals surface area contributed by atoms with Crippen molar-refractivity contribution in [1.82, 2.24) is 15.0 Å². The minimum Gasteiger partial charge on any atom is -0.456 e. The molecule has 0 radical (unpaired) electrons. The van der Waals surface area contributed by atoms with Crippen LogP contribution >= 0.6 is 11.6 Å². The summed E-state index contributed by atoms with van der Waals surface area (Å²) < 4.78 is 6.13. The van der Waals surface area contributed by atoms with E-state index in [1.54, 1.807) is 0 Å². The van der Waals surface area contributed by atoms with Gasteiger partial charge in [-0.15, -0.1) is 0 Å². The molecule has 0 saturated heterocycles. The number of hydrogen-bond acceptors (Lipinski definition) is 4. The molecule has 7 aromatic rings. The van der Waals surface area contributed by atoms with Crippen LogP contribution in [0.4, 0.5) is 0 Å². The first kappa shape index (κ1) is 22.4. The molecule has 0 aliphatic rings. The van der Waals surface area contributed by atoms with Gasteiger partial charge in [-0.05, 0) is 41.5 Å². The first-order valence-corrected chi connectivity index (χ1v) is 12.7. The Bertz CT molecular complexity index is 1910. The molecule has 2 heterocycles. The third-order valence-corrected chi connectivity index (χ3v) is 6.88. The maximum atomic E-state index is 6.13. The van der Waals surface area contributed by atoms with Gasteiger partial charge in [0.25, 0.3) is 0 Å². The largest absolute Gasteiger partial charge is 0.456 e. The molecule has 0 atom stereocenters. The molecular formula is C33H20ClN3O. The van der Waals surface area contributed by atoms with E-state index in [0.717, 1.165) is 54.8 Å². The van der Waals surface area contributed by atoms with Gasteiger partial charge in [-0.3, -0.25) is 0 Å². The van der Waals surface area contributed by atoms with Crippen LogP contribution in [-0.4, -0.2) is 15.0 Å². The molecule has 38 heavy (non-hydrogen) atoms. The summed E-state index contributed by atoms with van der Waals surface area (Å²) in [6, 6.07) is 40.2. The molecule has 0 unspecified atom stereocenters. The van der Waals surface area contributed by atoms with Crippen molar-refractivity contribution in [1.29, 1.82) is 0 Å². The normalized spacial score (nSPS) is 11.3. The average Bonchev–Trinajstić information content (AvgIpc) is 3.36. The zero-order valence-corrected chi connectivity index (χ0v) is 20.9. The molecule has 0 N–H and O–H groups in total. The van der Waals surface area contributed by atoms with Gasteiger partial charge in [0.2, 0.25) is 0 Å². The number of hydrogen-bond donors (Lipinski definition) is 0. The van der Waals surface area contributed by atoms with Crippen LogP contribution in [0.2, 0.25) is 5.02 Å². The van der Waals surface area contributed by atoms with Crippen molar-refractivity contribution in [3.05, 3.63) is 126 Å². The SMILES string of the molecule is Clc1ccc(-c2ccc(-c3nc(-c4ccccc4)nc(-c4ccc5c(c4)oc4ccccc45)n3)cc2)cc1. The molecule has 0 bridgehead atoms. The number of nitrogens with zero attached hydrogens (tertiary/aromatic N) is 3. The minimum absolute atomic E-state index is 0.595. The van der Waals surface area contributed by atoms with Gasteiger partial charge in [0, 0.05) is 32.5 Å².